The van der Waals surface area contributed by atoms with Crippen molar-refractivity contribution in [2.45, 2.75) is 0 Å². The van der Waals surface area contributed by atoms with Crippen LogP contribution in [0, 0.1) is 0 Å². The minimum Gasteiger partial charge on any atom is -0.488 e. The molecule has 0 spiro atoms. The van der Waals surface area contributed by atoms with Crippen LogP contribution in [0.5, 0.6) is 0 Å². The highest BCUT2D eigenvalue weighted by atomic mass is 35.5. The van der Waals surface area contributed by atoms with E-state index in [4.69, 9.17) is 16.3 Å². The lowest BCUT2D eigenvalue weighted by Gasteiger charge is -2.13. The molecule has 1 aromatic rings. The third kappa shape index (κ3) is 2.28. The zero-order chi connectivity index (χ0) is 10.7. The second-order valence-electron chi connectivity index (χ2n) is 3.19. The highest BCUT2D eigenvalue weighted by Gasteiger charge is 2.08. The maximum Gasteiger partial charge on any atom is 0.149 e. The zero-order valence-corrected chi connectivity index (χ0v) is 8.70. The molecule has 15 heavy (non-hydrogen) atoms. The van der Waals surface area contributed by atoms with Crippen LogP contribution in [0.2, 0.25) is 5.02 Å². The van der Waals surface area contributed by atoms with Gasteiger partial charge in [0.05, 0.1) is 0 Å². The molecule has 0 saturated heterocycles. The van der Waals surface area contributed by atoms with E-state index in [0.717, 1.165) is 17.6 Å². The Bertz CT molecular complexity index is 429. The largest absolute Gasteiger partial charge is 0.488 e. The standard InChI is InChI=1S/C12H9ClO2/c13-11-4-2-10(3-5-11)12-6-1-9(7-14)8-15-12/h1-7H,8H2. The van der Waals surface area contributed by atoms with Crippen LogP contribution in [0.3, 0.4) is 0 Å². The van der Waals surface area contributed by atoms with Gasteiger partial charge < -0.3 is 4.74 Å². The van der Waals surface area contributed by atoms with Gasteiger partial charge in [0.1, 0.15) is 18.7 Å². The number of hydrogen-bond acceptors (Lipinski definition) is 2. The molecule has 1 aliphatic rings. The Labute approximate surface area is 92.8 Å². The first kappa shape index (κ1) is 9.99. The molecule has 3 heteroatoms. The predicted molar refractivity (Wildman–Crippen MR) is 59.5 cm³/mol. The monoisotopic (exact) mass is 220 g/mol. The van der Waals surface area contributed by atoms with Gasteiger partial charge in [-0.3, -0.25) is 4.79 Å². The molecule has 1 aliphatic heterocycles. The lowest BCUT2D eigenvalue weighted by Crippen LogP contribution is -2.03. The smallest absolute Gasteiger partial charge is 0.149 e. The van der Waals surface area contributed by atoms with Gasteiger partial charge >= 0.3 is 0 Å². The summed E-state index contributed by atoms with van der Waals surface area (Å²) in [5.41, 5.74) is 1.60. The van der Waals surface area contributed by atoms with Crippen LogP contribution in [-0.4, -0.2) is 12.9 Å². The van der Waals surface area contributed by atoms with E-state index in [-0.39, 0.29) is 0 Å². The maximum atomic E-state index is 10.5. The van der Waals surface area contributed by atoms with Crippen LogP contribution >= 0.6 is 11.6 Å². The highest BCUT2D eigenvalue weighted by Crippen LogP contribution is 2.21. The average Bonchev–Trinajstić information content (AvgIpc) is 2.30. The minimum atomic E-state index is 0.331. The van der Waals surface area contributed by atoms with Crippen molar-refractivity contribution in [3.05, 3.63) is 52.6 Å². The van der Waals surface area contributed by atoms with Crippen LogP contribution < -0.4 is 0 Å². The van der Waals surface area contributed by atoms with Crippen molar-refractivity contribution in [3.63, 3.8) is 0 Å². The summed E-state index contributed by atoms with van der Waals surface area (Å²) in [7, 11) is 0. The van der Waals surface area contributed by atoms with Crippen molar-refractivity contribution >= 4 is 23.6 Å². The van der Waals surface area contributed by atoms with Crippen molar-refractivity contribution in [3.8, 4) is 0 Å². The van der Waals surface area contributed by atoms with Crippen molar-refractivity contribution in [1.29, 1.82) is 0 Å². The summed E-state index contributed by atoms with van der Waals surface area (Å²) in [6.45, 7) is 0.331. The molecule has 0 atom stereocenters. The molecule has 0 aromatic heterocycles. The Hall–Kier alpha value is -1.54. The molecule has 0 radical (unpaired) electrons. The number of rotatable bonds is 2. The molecule has 0 aliphatic carbocycles. The first-order valence-corrected chi connectivity index (χ1v) is 4.92. The molecule has 0 fully saturated rings. The Morgan fingerprint density at radius 2 is 1.93 bits per heavy atom. The number of aldehydes is 1. The second kappa shape index (κ2) is 4.32. The number of carbonyl (C=O) groups is 1. The third-order valence-corrected chi connectivity index (χ3v) is 2.38. The van der Waals surface area contributed by atoms with Gasteiger partial charge in [-0.1, -0.05) is 11.6 Å². The molecule has 0 amide bonds. The first-order chi connectivity index (χ1) is 7.29. The van der Waals surface area contributed by atoms with E-state index in [1.165, 1.54) is 0 Å². The summed E-state index contributed by atoms with van der Waals surface area (Å²) in [4.78, 5) is 10.5. The summed E-state index contributed by atoms with van der Waals surface area (Å²) in [6, 6.07) is 7.38. The Morgan fingerprint density at radius 3 is 2.47 bits per heavy atom. The fraction of sp³-hybridized carbons (Fsp3) is 0.0833. The van der Waals surface area contributed by atoms with Crippen molar-refractivity contribution in [2.24, 2.45) is 0 Å². The highest BCUT2D eigenvalue weighted by molar-refractivity contribution is 6.30. The molecular formula is C12H9ClO2. The van der Waals surface area contributed by atoms with Gasteiger partial charge in [-0.15, -0.1) is 0 Å². The summed E-state index contributed by atoms with van der Waals surface area (Å²) in [5.74, 6) is 0.761. The van der Waals surface area contributed by atoms with E-state index in [0.29, 0.717) is 17.2 Å². The minimum absolute atomic E-state index is 0.331. The third-order valence-electron chi connectivity index (χ3n) is 2.12. The van der Waals surface area contributed by atoms with E-state index in [2.05, 4.69) is 0 Å². The summed E-state index contributed by atoms with van der Waals surface area (Å²) >= 11 is 5.78. The number of hydrogen-bond donors (Lipinski definition) is 0. The normalized spacial score (nSPS) is 15.0. The molecule has 0 unspecified atom stereocenters. The molecule has 2 nitrogen and oxygen atoms in total. The molecule has 2 rings (SSSR count). The molecule has 0 bridgehead atoms. The topological polar surface area (TPSA) is 26.3 Å². The Kier molecular flexibility index (Phi) is 2.88. The fourth-order valence-electron chi connectivity index (χ4n) is 1.31. The lowest BCUT2D eigenvalue weighted by atomic mass is 10.1. The predicted octanol–water partition coefficient (Wildman–Crippen LogP) is 2.84. The second-order valence-corrected chi connectivity index (χ2v) is 3.62. The lowest BCUT2D eigenvalue weighted by molar-refractivity contribution is -0.105. The zero-order valence-electron chi connectivity index (χ0n) is 7.94. The van der Waals surface area contributed by atoms with Gasteiger partial charge in [-0.05, 0) is 36.4 Å². The van der Waals surface area contributed by atoms with Crippen LogP contribution in [0.4, 0.5) is 0 Å². The van der Waals surface area contributed by atoms with Crippen molar-refractivity contribution in [1.82, 2.24) is 0 Å². The molecule has 76 valence electrons. The molecule has 1 aromatic carbocycles. The van der Waals surface area contributed by atoms with Gasteiger partial charge in [0, 0.05) is 16.2 Å². The number of allylic oxidation sites excluding steroid dienone is 2. The first-order valence-electron chi connectivity index (χ1n) is 4.54. The molecule has 0 N–H and O–H groups in total. The van der Waals surface area contributed by atoms with Crippen molar-refractivity contribution in [2.75, 3.05) is 6.61 Å². The maximum absolute atomic E-state index is 10.5. The van der Waals surface area contributed by atoms with Gasteiger partial charge in [-0.2, -0.15) is 0 Å². The fourth-order valence-corrected chi connectivity index (χ4v) is 1.43. The quantitative estimate of drug-likeness (QED) is 0.717. The number of halogens is 1. The molecular weight excluding hydrogens is 212 g/mol. The number of benzene rings is 1. The van der Waals surface area contributed by atoms with E-state index < -0.39 is 0 Å². The Balaban J connectivity index is 2.26. The Morgan fingerprint density at radius 1 is 1.20 bits per heavy atom. The van der Waals surface area contributed by atoms with Gasteiger partial charge in [0.25, 0.3) is 0 Å². The van der Waals surface area contributed by atoms with Gasteiger partial charge in [0.15, 0.2) is 0 Å². The van der Waals surface area contributed by atoms with Crippen molar-refractivity contribution < 1.29 is 9.53 Å². The van der Waals surface area contributed by atoms with Crippen LogP contribution in [0.15, 0.2) is 42.0 Å². The van der Waals surface area contributed by atoms with E-state index in [1.54, 1.807) is 24.3 Å². The van der Waals surface area contributed by atoms with Gasteiger partial charge in [-0.25, -0.2) is 0 Å². The van der Waals surface area contributed by atoms with E-state index >= 15 is 0 Å². The van der Waals surface area contributed by atoms with Crippen LogP contribution in [0.1, 0.15) is 5.56 Å². The van der Waals surface area contributed by atoms with E-state index in [9.17, 15) is 4.79 Å². The summed E-state index contributed by atoms with van der Waals surface area (Å²) in [6.07, 6.45) is 4.35. The number of carbonyl (C=O) groups excluding carboxylic acids is 1. The van der Waals surface area contributed by atoms with Gasteiger partial charge in [0.2, 0.25) is 0 Å². The van der Waals surface area contributed by atoms with E-state index in [1.807, 2.05) is 12.1 Å². The number of ether oxygens (including phenoxy) is 1. The molecule has 1 heterocycles. The van der Waals surface area contributed by atoms with Crippen LogP contribution in [0.25, 0.3) is 5.76 Å². The van der Waals surface area contributed by atoms with Crippen LogP contribution in [-0.2, 0) is 9.53 Å². The summed E-state index contributed by atoms with van der Waals surface area (Å²) in [5, 5.41) is 0.694. The molecule has 0 saturated carbocycles. The average molecular weight is 221 g/mol. The summed E-state index contributed by atoms with van der Waals surface area (Å²) < 4.78 is 5.43. The SMILES string of the molecule is O=CC1=CC=C(c2ccc(Cl)cc2)OC1.